The van der Waals surface area contributed by atoms with Crippen LogP contribution in [0.4, 0.5) is 5.69 Å². The van der Waals surface area contributed by atoms with Gasteiger partial charge in [0.15, 0.2) is 11.4 Å². The van der Waals surface area contributed by atoms with Crippen molar-refractivity contribution in [3.8, 4) is 5.75 Å². The Morgan fingerprint density at radius 1 is 1.19 bits per heavy atom. The average molecular weight is 429 g/mol. The Labute approximate surface area is 177 Å². The van der Waals surface area contributed by atoms with Crippen molar-refractivity contribution >= 4 is 28.9 Å². The molecule has 0 aliphatic heterocycles. The summed E-state index contributed by atoms with van der Waals surface area (Å²) in [4.78, 5) is 39.8. The Morgan fingerprint density at radius 3 is 2.42 bits per heavy atom. The second-order valence-electron chi connectivity index (χ2n) is 8.50. The molecule has 0 spiro atoms. The molecule has 0 saturated heterocycles. The van der Waals surface area contributed by atoms with E-state index in [1.165, 1.54) is 11.0 Å². The smallest absolute Gasteiger partial charge is 0.255 e. The number of ketones is 2. The van der Waals surface area contributed by atoms with E-state index in [1.807, 2.05) is 0 Å². The van der Waals surface area contributed by atoms with Gasteiger partial charge in [0, 0.05) is 11.5 Å². The van der Waals surface area contributed by atoms with Gasteiger partial charge in [0.1, 0.15) is 22.8 Å². The zero-order valence-corrected chi connectivity index (χ0v) is 16.9. The molecule has 4 rings (SSSR count). The van der Waals surface area contributed by atoms with Gasteiger partial charge in [0.25, 0.3) is 5.91 Å². The van der Waals surface area contributed by atoms with Crippen molar-refractivity contribution in [3.05, 3.63) is 40.2 Å². The fourth-order valence-corrected chi connectivity index (χ4v) is 5.23. The number of anilines is 1. The van der Waals surface area contributed by atoms with Gasteiger partial charge in [-0.2, -0.15) is 0 Å². The van der Waals surface area contributed by atoms with E-state index in [2.05, 4.69) is 0 Å². The number of aliphatic hydroxyl groups is 3. The molecule has 164 valence electrons. The molecule has 3 aliphatic rings. The molecule has 0 bridgehead atoms. The third-order valence-electron chi connectivity index (χ3n) is 6.62. The highest BCUT2D eigenvalue weighted by atomic mass is 16.3. The molecule has 4 atom stereocenters. The van der Waals surface area contributed by atoms with Gasteiger partial charge in [0.05, 0.1) is 17.3 Å². The minimum Gasteiger partial charge on any atom is -0.508 e. The molecule has 0 radical (unpaired) electrons. The lowest BCUT2D eigenvalue weighted by Crippen LogP contribution is -2.65. The predicted molar refractivity (Wildman–Crippen MR) is 109 cm³/mol. The largest absolute Gasteiger partial charge is 0.508 e. The maximum atomic E-state index is 13.5. The Bertz CT molecular complexity index is 1120. The van der Waals surface area contributed by atoms with Crippen molar-refractivity contribution < 1.29 is 34.8 Å². The van der Waals surface area contributed by atoms with Crippen molar-refractivity contribution in [2.24, 2.45) is 17.6 Å². The molecule has 8 N–H and O–H groups in total. The number of carbonyl (C=O) groups is 3. The maximum absolute atomic E-state index is 13.5. The van der Waals surface area contributed by atoms with Gasteiger partial charge in [-0.05, 0) is 44.5 Å². The number of fused-ring (bicyclic) bond motifs is 3. The van der Waals surface area contributed by atoms with E-state index < -0.39 is 63.8 Å². The average Bonchev–Trinajstić information content (AvgIpc) is 2.67. The highest BCUT2D eigenvalue weighted by Crippen LogP contribution is 2.52. The third kappa shape index (κ3) is 2.55. The van der Waals surface area contributed by atoms with Crippen LogP contribution in [0.1, 0.15) is 17.5 Å². The van der Waals surface area contributed by atoms with Crippen LogP contribution in [0.2, 0.25) is 0 Å². The quantitative estimate of drug-likeness (QED) is 0.205. The number of carbonyl (C=O) groups excluding carboxylic acids is 3. The van der Waals surface area contributed by atoms with Crippen molar-refractivity contribution in [2.45, 2.75) is 24.5 Å². The van der Waals surface area contributed by atoms with Gasteiger partial charge in [-0.25, -0.2) is 0 Å². The number of likely N-dealkylation sites (N-methyl/N-ethyl adjacent to an activating group) is 1. The van der Waals surface area contributed by atoms with Crippen molar-refractivity contribution in [2.75, 3.05) is 19.8 Å². The zero-order valence-electron chi connectivity index (χ0n) is 16.9. The summed E-state index contributed by atoms with van der Waals surface area (Å²) in [5, 5.41) is 43.4. The number of benzene rings is 1. The van der Waals surface area contributed by atoms with E-state index in [0.29, 0.717) is 5.56 Å². The van der Waals surface area contributed by atoms with E-state index in [9.17, 15) is 34.8 Å². The van der Waals surface area contributed by atoms with E-state index in [1.54, 1.807) is 20.2 Å². The van der Waals surface area contributed by atoms with Crippen LogP contribution < -0.4 is 11.5 Å². The van der Waals surface area contributed by atoms with Gasteiger partial charge in [-0.15, -0.1) is 0 Å². The molecule has 10 heteroatoms. The van der Waals surface area contributed by atoms with Crippen LogP contribution in [0, 0.1) is 11.8 Å². The van der Waals surface area contributed by atoms with Crippen LogP contribution in [0.15, 0.2) is 29.0 Å². The highest BCUT2D eigenvalue weighted by molar-refractivity contribution is 6.24. The molecule has 0 unspecified atom stereocenters. The molecule has 1 saturated carbocycles. The van der Waals surface area contributed by atoms with Crippen LogP contribution in [-0.2, 0) is 20.8 Å². The molecule has 1 aromatic rings. The van der Waals surface area contributed by atoms with Crippen LogP contribution >= 0.6 is 0 Å². The minimum atomic E-state index is -2.64. The number of aromatic hydroxyl groups is 1. The first-order valence-electron chi connectivity index (χ1n) is 9.68. The summed E-state index contributed by atoms with van der Waals surface area (Å²) in [6.45, 7) is 0. The molecular weight excluding hydrogens is 406 g/mol. The molecule has 1 amide bonds. The third-order valence-corrected chi connectivity index (χ3v) is 6.62. The van der Waals surface area contributed by atoms with Crippen LogP contribution in [0.3, 0.4) is 0 Å². The summed E-state index contributed by atoms with van der Waals surface area (Å²) >= 11 is 0. The summed E-state index contributed by atoms with van der Waals surface area (Å²) in [7, 11) is 3.10. The number of aliphatic hydroxyl groups excluding tert-OH is 2. The number of phenols is 1. The van der Waals surface area contributed by atoms with Crippen LogP contribution in [0.25, 0.3) is 5.76 Å². The lowest BCUT2D eigenvalue weighted by Gasteiger charge is -2.50. The molecule has 0 heterocycles. The summed E-state index contributed by atoms with van der Waals surface area (Å²) < 4.78 is 0. The topological polar surface area (TPSA) is 187 Å². The van der Waals surface area contributed by atoms with Crippen molar-refractivity contribution in [1.82, 2.24) is 4.90 Å². The number of phenolic OH excluding ortho intramolecular Hbond substituents is 1. The SMILES string of the molecule is CN(C)[C@@H]1C(=O)C(C(N)=O)=C(O)[C@@]2(O)C(=O)C3=C(O)c4c(ccc(N)c4O)C[C@H]3C[C@H]12. The molecule has 1 fully saturated rings. The molecular formula is C21H23N3O7. The number of nitrogen functional groups attached to an aromatic ring is 1. The number of nitrogens with zero attached hydrogens (tertiary/aromatic N) is 1. The first-order chi connectivity index (χ1) is 14.4. The Morgan fingerprint density at radius 2 is 1.84 bits per heavy atom. The van der Waals surface area contributed by atoms with Gasteiger partial charge in [-0.3, -0.25) is 19.3 Å². The number of rotatable bonds is 2. The van der Waals surface area contributed by atoms with Gasteiger partial charge in [0.2, 0.25) is 5.78 Å². The zero-order chi connectivity index (χ0) is 23.0. The maximum Gasteiger partial charge on any atom is 0.255 e. The molecule has 3 aliphatic carbocycles. The van der Waals surface area contributed by atoms with Gasteiger partial charge in [-0.1, -0.05) is 6.07 Å². The number of amides is 1. The van der Waals surface area contributed by atoms with Crippen molar-refractivity contribution in [1.29, 1.82) is 0 Å². The van der Waals surface area contributed by atoms with E-state index >= 15 is 0 Å². The molecule has 10 nitrogen and oxygen atoms in total. The van der Waals surface area contributed by atoms with E-state index in [4.69, 9.17) is 11.5 Å². The summed E-state index contributed by atoms with van der Waals surface area (Å²) in [5.74, 6) is -6.84. The summed E-state index contributed by atoms with van der Waals surface area (Å²) in [5.41, 5.74) is 7.85. The predicted octanol–water partition coefficient (Wildman–Crippen LogP) is -0.454. The lowest BCUT2D eigenvalue weighted by molar-refractivity contribution is -0.153. The first kappa shape index (κ1) is 20.9. The minimum absolute atomic E-state index is 0.00103. The fraction of sp³-hybridized carbons (Fsp3) is 0.381. The standard InChI is InChI=1S/C21H23N3O7/c1-24(2)14-9-6-8-5-7-3-4-10(22)15(25)11(7)16(26)12(8)18(28)21(9,31)19(29)13(17(14)27)20(23)30/h3-4,8-9,14,25-26,29,31H,5-6,22H2,1-2H3,(H2,23,30)/t8-,9+,14-,21-/m0/s1. The lowest BCUT2D eigenvalue weighted by atomic mass is 9.57. The monoisotopic (exact) mass is 429 g/mol. The molecule has 1 aromatic carbocycles. The van der Waals surface area contributed by atoms with Crippen LogP contribution in [0.5, 0.6) is 5.75 Å². The van der Waals surface area contributed by atoms with E-state index in [0.717, 1.165) is 0 Å². The van der Waals surface area contributed by atoms with Gasteiger partial charge >= 0.3 is 0 Å². The Kier molecular flexibility index (Phi) is 4.42. The molecule has 31 heavy (non-hydrogen) atoms. The Balaban J connectivity index is 1.98. The number of nitrogens with two attached hydrogens (primary N) is 2. The normalized spacial score (nSPS) is 30.3. The van der Waals surface area contributed by atoms with Gasteiger partial charge < -0.3 is 31.9 Å². The highest BCUT2D eigenvalue weighted by Gasteiger charge is 2.64. The Hall–Kier alpha value is -3.37. The summed E-state index contributed by atoms with van der Waals surface area (Å²) in [6, 6.07) is 2.01. The molecule has 0 aromatic heterocycles. The number of primary amides is 1. The van der Waals surface area contributed by atoms with E-state index in [-0.39, 0.29) is 29.7 Å². The summed E-state index contributed by atoms with van der Waals surface area (Å²) in [6.07, 6.45) is 0.291. The van der Waals surface area contributed by atoms with Crippen molar-refractivity contribution in [3.63, 3.8) is 0 Å². The second-order valence-corrected chi connectivity index (χ2v) is 8.50. The number of Topliss-reactive ketones (excluding diaryl/α,β-unsaturated/α-hetero) is 2. The number of hydrogen-bond donors (Lipinski definition) is 6. The number of hydrogen-bond acceptors (Lipinski definition) is 9. The second kappa shape index (κ2) is 6.56. The first-order valence-corrected chi connectivity index (χ1v) is 9.68. The van der Waals surface area contributed by atoms with Crippen LogP contribution in [-0.4, -0.2) is 68.5 Å². The fourth-order valence-electron chi connectivity index (χ4n) is 5.23.